The predicted octanol–water partition coefficient (Wildman–Crippen LogP) is 3.60. The van der Waals surface area contributed by atoms with Crippen molar-refractivity contribution in [2.24, 2.45) is 7.05 Å². The third kappa shape index (κ3) is 4.75. The third-order valence-corrected chi connectivity index (χ3v) is 5.36. The second kappa shape index (κ2) is 8.97. The van der Waals surface area contributed by atoms with Crippen LogP contribution < -0.4 is 5.32 Å². The van der Waals surface area contributed by atoms with Crippen molar-refractivity contribution in [3.8, 4) is 11.4 Å². The van der Waals surface area contributed by atoms with E-state index in [2.05, 4.69) is 15.5 Å². The average Bonchev–Trinajstić information content (AvgIpc) is 3.04. The molecule has 2 aromatic carbocycles. The Bertz CT molecular complexity index is 959. The number of carbonyl (C=O) groups excluding carboxylic acids is 1. The van der Waals surface area contributed by atoms with Crippen LogP contribution in [-0.4, -0.2) is 32.5 Å². The summed E-state index contributed by atoms with van der Waals surface area (Å²) in [5.41, 5.74) is 1.31. The van der Waals surface area contributed by atoms with Gasteiger partial charge in [-0.2, -0.15) is 0 Å². The van der Waals surface area contributed by atoms with Gasteiger partial charge in [0.2, 0.25) is 5.91 Å². The van der Waals surface area contributed by atoms with E-state index in [1.54, 1.807) is 48.9 Å². The minimum atomic E-state index is -0.399. The zero-order valence-electron chi connectivity index (χ0n) is 15.5. The lowest BCUT2D eigenvalue weighted by Gasteiger charge is -2.12. The van der Waals surface area contributed by atoms with Crippen LogP contribution in [0.1, 0.15) is 12.5 Å². The van der Waals surface area contributed by atoms with Gasteiger partial charge in [0, 0.05) is 13.6 Å². The largest absolute Gasteiger partial charge is 0.355 e. The maximum absolute atomic E-state index is 14.0. The van der Waals surface area contributed by atoms with E-state index in [1.165, 1.54) is 30.0 Å². The Morgan fingerprint density at radius 3 is 2.57 bits per heavy atom. The van der Waals surface area contributed by atoms with Gasteiger partial charge in [-0.3, -0.25) is 4.79 Å². The highest BCUT2D eigenvalue weighted by Gasteiger charge is 2.20. The first kappa shape index (κ1) is 20.0. The molecule has 1 aromatic heterocycles. The summed E-state index contributed by atoms with van der Waals surface area (Å²) in [6.07, 6.45) is 0.616. The van der Waals surface area contributed by atoms with Gasteiger partial charge in [0.05, 0.1) is 10.8 Å². The lowest BCUT2D eigenvalue weighted by Crippen LogP contribution is -2.32. The van der Waals surface area contributed by atoms with Crippen molar-refractivity contribution in [2.75, 3.05) is 6.54 Å². The van der Waals surface area contributed by atoms with E-state index in [9.17, 15) is 13.6 Å². The van der Waals surface area contributed by atoms with Crippen molar-refractivity contribution in [3.05, 3.63) is 65.7 Å². The zero-order valence-corrected chi connectivity index (χ0v) is 16.3. The van der Waals surface area contributed by atoms with Crippen LogP contribution in [0.4, 0.5) is 8.78 Å². The van der Waals surface area contributed by atoms with E-state index in [4.69, 9.17) is 0 Å². The first-order chi connectivity index (χ1) is 13.5. The summed E-state index contributed by atoms with van der Waals surface area (Å²) >= 11 is 1.25. The number of nitrogens with zero attached hydrogens (tertiary/aromatic N) is 3. The topological polar surface area (TPSA) is 59.8 Å². The second-order valence-electron chi connectivity index (χ2n) is 6.27. The van der Waals surface area contributed by atoms with E-state index in [0.717, 1.165) is 5.56 Å². The van der Waals surface area contributed by atoms with Crippen molar-refractivity contribution in [1.29, 1.82) is 0 Å². The SMILES string of the molecule is C[C@@H](Sc1nnc(-c2ccccc2F)n1C)C(=O)NCCc1ccc(F)cc1. The minimum absolute atomic E-state index is 0.137. The molecule has 0 saturated heterocycles. The molecule has 0 aliphatic rings. The Labute approximate surface area is 166 Å². The fraction of sp³-hybridized carbons (Fsp3) is 0.250. The fourth-order valence-electron chi connectivity index (χ4n) is 2.63. The highest BCUT2D eigenvalue weighted by molar-refractivity contribution is 8.00. The van der Waals surface area contributed by atoms with Gasteiger partial charge in [-0.15, -0.1) is 10.2 Å². The quantitative estimate of drug-likeness (QED) is 0.614. The molecule has 28 heavy (non-hydrogen) atoms. The number of carbonyl (C=O) groups is 1. The summed E-state index contributed by atoms with van der Waals surface area (Å²) in [4.78, 5) is 12.3. The molecule has 3 aromatic rings. The van der Waals surface area contributed by atoms with Crippen LogP contribution in [0, 0.1) is 11.6 Å². The molecule has 0 aliphatic carbocycles. The number of hydrogen-bond acceptors (Lipinski definition) is 4. The maximum atomic E-state index is 14.0. The Balaban J connectivity index is 1.57. The number of rotatable bonds is 7. The van der Waals surface area contributed by atoms with Gasteiger partial charge >= 0.3 is 0 Å². The molecule has 1 heterocycles. The highest BCUT2D eigenvalue weighted by Crippen LogP contribution is 2.26. The third-order valence-electron chi connectivity index (χ3n) is 4.23. The highest BCUT2D eigenvalue weighted by atomic mass is 32.2. The van der Waals surface area contributed by atoms with E-state index in [0.29, 0.717) is 29.5 Å². The normalized spacial score (nSPS) is 12.0. The summed E-state index contributed by atoms with van der Waals surface area (Å²) < 4.78 is 28.6. The van der Waals surface area contributed by atoms with Crippen molar-refractivity contribution in [2.45, 2.75) is 23.8 Å². The Morgan fingerprint density at radius 2 is 1.86 bits per heavy atom. The number of aromatic nitrogens is 3. The number of thioether (sulfide) groups is 1. The summed E-state index contributed by atoms with van der Waals surface area (Å²) in [5, 5.41) is 11.1. The number of hydrogen-bond donors (Lipinski definition) is 1. The molecular weight excluding hydrogens is 382 g/mol. The van der Waals surface area contributed by atoms with Crippen molar-refractivity contribution in [1.82, 2.24) is 20.1 Å². The number of benzene rings is 2. The van der Waals surface area contributed by atoms with E-state index < -0.39 is 5.25 Å². The van der Waals surface area contributed by atoms with Gasteiger partial charge in [0.15, 0.2) is 11.0 Å². The Hall–Kier alpha value is -2.74. The maximum Gasteiger partial charge on any atom is 0.233 e. The molecule has 1 amide bonds. The second-order valence-corrected chi connectivity index (χ2v) is 7.58. The van der Waals surface area contributed by atoms with Crippen LogP contribution in [0.2, 0.25) is 0 Å². The van der Waals surface area contributed by atoms with Crippen LogP contribution in [-0.2, 0) is 18.3 Å². The molecule has 0 saturated carbocycles. The van der Waals surface area contributed by atoms with Crippen LogP contribution in [0.5, 0.6) is 0 Å². The molecule has 0 spiro atoms. The smallest absolute Gasteiger partial charge is 0.233 e. The summed E-state index contributed by atoms with van der Waals surface area (Å²) in [7, 11) is 1.74. The molecule has 0 bridgehead atoms. The average molecular weight is 402 g/mol. The molecule has 3 rings (SSSR count). The molecule has 1 atom stereocenters. The summed E-state index contributed by atoms with van der Waals surface area (Å²) in [5.74, 6) is -0.385. The Morgan fingerprint density at radius 1 is 1.14 bits per heavy atom. The zero-order chi connectivity index (χ0) is 20.1. The van der Waals surface area contributed by atoms with Crippen LogP contribution in [0.25, 0.3) is 11.4 Å². The molecule has 0 radical (unpaired) electrons. The monoisotopic (exact) mass is 402 g/mol. The van der Waals surface area contributed by atoms with Gasteiger partial charge in [-0.25, -0.2) is 8.78 Å². The number of nitrogens with one attached hydrogen (secondary N) is 1. The number of halogens is 2. The van der Waals surface area contributed by atoms with Crippen molar-refractivity contribution < 1.29 is 13.6 Å². The van der Waals surface area contributed by atoms with E-state index in [1.807, 2.05) is 0 Å². The molecule has 8 heteroatoms. The fourth-order valence-corrected chi connectivity index (χ4v) is 3.47. The first-order valence-corrected chi connectivity index (χ1v) is 9.67. The van der Waals surface area contributed by atoms with Gasteiger partial charge < -0.3 is 9.88 Å². The predicted molar refractivity (Wildman–Crippen MR) is 105 cm³/mol. The van der Waals surface area contributed by atoms with Gasteiger partial charge in [-0.1, -0.05) is 36.0 Å². The van der Waals surface area contributed by atoms with Crippen LogP contribution in [0.15, 0.2) is 53.7 Å². The molecule has 1 N–H and O–H groups in total. The number of amides is 1. The Kier molecular flexibility index (Phi) is 6.41. The molecule has 0 unspecified atom stereocenters. The van der Waals surface area contributed by atoms with Crippen molar-refractivity contribution >= 4 is 17.7 Å². The van der Waals surface area contributed by atoms with Gasteiger partial charge in [-0.05, 0) is 43.2 Å². The van der Waals surface area contributed by atoms with E-state index >= 15 is 0 Å². The van der Waals surface area contributed by atoms with E-state index in [-0.39, 0.29) is 17.5 Å². The molecule has 5 nitrogen and oxygen atoms in total. The first-order valence-electron chi connectivity index (χ1n) is 8.79. The van der Waals surface area contributed by atoms with Gasteiger partial charge in [0.25, 0.3) is 0 Å². The lowest BCUT2D eigenvalue weighted by molar-refractivity contribution is -0.120. The van der Waals surface area contributed by atoms with Crippen molar-refractivity contribution in [3.63, 3.8) is 0 Å². The molecule has 0 aliphatic heterocycles. The molecule has 0 fully saturated rings. The minimum Gasteiger partial charge on any atom is -0.355 e. The van der Waals surface area contributed by atoms with Crippen LogP contribution in [0.3, 0.4) is 0 Å². The lowest BCUT2D eigenvalue weighted by atomic mass is 10.1. The molecular formula is C20H20F2N4OS. The van der Waals surface area contributed by atoms with Crippen LogP contribution >= 0.6 is 11.8 Å². The summed E-state index contributed by atoms with van der Waals surface area (Å²) in [6, 6.07) is 12.5. The summed E-state index contributed by atoms with van der Waals surface area (Å²) in [6.45, 7) is 2.23. The molecule has 146 valence electrons. The standard InChI is InChI=1S/C20H20F2N4OS/c1-13(19(27)23-12-11-14-7-9-15(21)10-8-14)28-20-25-24-18(26(20)2)16-5-3-4-6-17(16)22/h3-10,13H,11-12H2,1-2H3,(H,23,27)/t13-/m1/s1. The van der Waals surface area contributed by atoms with Gasteiger partial charge in [0.1, 0.15) is 11.6 Å².